The number of hydrogen-bond acceptors (Lipinski definition) is 3. The first-order chi connectivity index (χ1) is 12.5. The number of rotatable bonds is 2. The second-order valence-corrected chi connectivity index (χ2v) is 6.16. The molecule has 146 valence electrons. The van der Waals surface area contributed by atoms with E-state index in [1.54, 1.807) is 0 Å². The van der Waals surface area contributed by atoms with Crippen LogP contribution in [-0.4, -0.2) is 39.7 Å². The van der Waals surface area contributed by atoms with E-state index in [1.165, 1.54) is 4.90 Å². The lowest BCUT2D eigenvalue weighted by Gasteiger charge is -2.18. The van der Waals surface area contributed by atoms with Gasteiger partial charge in [-0.25, -0.2) is 4.68 Å². The van der Waals surface area contributed by atoms with Crippen molar-refractivity contribution in [1.82, 2.24) is 14.7 Å². The lowest BCUT2D eigenvalue weighted by atomic mass is 10.1. The molecule has 1 saturated heterocycles. The summed E-state index contributed by atoms with van der Waals surface area (Å²) in [5.41, 5.74) is 1.95. The third-order valence-corrected chi connectivity index (χ3v) is 4.20. The SMILES string of the molecule is N[C@H]1CCN(C(=O)c2cnn(-c3cccc(C(F)(F)F)c3)c2C(F)(F)F)C1. The maximum absolute atomic E-state index is 13.6. The topological polar surface area (TPSA) is 64.2 Å². The fourth-order valence-electron chi connectivity index (χ4n) is 2.93. The largest absolute Gasteiger partial charge is 0.434 e. The van der Waals surface area contributed by atoms with Crippen LogP contribution in [0.15, 0.2) is 30.5 Å². The molecule has 1 fully saturated rings. The van der Waals surface area contributed by atoms with Crippen molar-refractivity contribution in [3.63, 3.8) is 0 Å². The zero-order chi connectivity index (χ0) is 20.0. The van der Waals surface area contributed by atoms with Gasteiger partial charge in [0.2, 0.25) is 0 Å². The van der Waals surface area contributed by atoms with Crippen molar-refractivity contribution in [2.75, 3.05) is 13.1 Å². The average molecular weight is 392 g/mol. The standard InChI is InChI=1S/C16H14F6N4O/c17-15(18,19)9-2-1-3-11(6-9)26-13(16(20,21)22)12(7-24-26)14(27)25-5-4-10(23)8-25/h1-3,6-7,10H,4-5,8,23H2/t10-/m0/s1. The molecule has 1 amide bonds. The molecule has 2 N–H and O–H groups in total. The van der Waals surface area contributed by atoms with Gasteiger partial charge in [-0.2, -0.15) is 31.4 Å². The molecule has 27 heavy (non-hydrogen) atoms. The summed E-state index contributed by atoms with van der Waals surface area (Å²) in [6.07, 6.45) is -8.56. The van der Waals surface area contributed by atoms with Crippen molar-refractivity contribution in [2.45, 2.75) is 24.8 Å². The predicted octanol–water partition coefficient (Wildman–Crippen LogP) is 3.08. The van der Waals surface area contributed by atoms with Crippen LogP contribution in [0.1, 0.15) is 28.0 Å². The molecule has 0 bridgehead atoms. The maximum atomic E-state index is 13.6. The van der Waals surface area contributed by atoms with Gasteiger partial charge in [-0.15, -0.1) is 0 Å². The van der Waals surface area contributed by atoms with E-state index in [2.05, 4.69) is 5.10 Å². The fraction of sp³-hybridized carbons (Fsp3) is 0.375. The van der Waals surface area contributed by atoms with Crippen molar-refractivity contribution in [1.29, 1.82) is 0 Å². The lowest BCUT2D eigenvalue weighted by Crippen LogP contribution is -2.33. The molecule has 0 radical (unpaired) electrons. The van der Waals surface area contributed by atoms with Crippen LogP contribution in [0, 0.1) is 0 Å². The van der Waals surface area contributed by atoms with Crippen LogP contribution in [-0.2, 0) is 12.4 Å². The van der Waals surface area contributed by atoms with Gasteiger partial charge in [-0.05, 0) is 24.6 Å². The zero-order valence-electron chi connectivity index (χ0n) is 13.7. The molecule has 1 aromatic heterocycles. The molecule has 0 spiro atoms. The van der Waals surface area contributed by atoms with E-state index in [0.29, 0.717) is 17.2 Å². The van der Waals surface area contributed by atoms with E-state index in [0.717, 1.165) is 24.4 Å². The highest BCUT2D eigenvalue weighted by Gasteiger charge is 2.42. The van der Waals surface area contributed by atoms with Crippen LogP contribution in [0.5, 0.6) is 0 Å². The predicted molar refractivity (Wildman–Crippen MR) is 82.1 cm³/mol. The first-order valence-corrected chi connectivity index (χ1v) is 7.86. The Morgan fingerprint density at radius 1 is 1.15 bits per heavy atom. The second-order valence-electron chi connectivity index (χ2n) is 6.16. The molecular weight excluding hydrogens is 378 g/mol. The van der Waals surface area contributed by atoms with E-state index in [4.69, 9.17) is 5.73 Å². The van der Waals surface area contributed by atoms with Crippen molar-refractivity contribution in [2.24, 2.45) is 5.73 Å². The van der Waals surface area contributed by atoms with Crippen molar-refractivity contribution in [3.8, 4) is 5.69 Å². The second kappa shape index (κ2) is 6.55. The highest BCUT2D eigenvalue weighted by Crippen LogP contribution is 2.36. The minimum atomic E-state index is -5.00. The van der Waals surface area contributed by atoms with E-state index in [-0.39, 0.29) is 19.1 Å². The lowest BCUT2D eigenvalue weighted by molar-refractivity contribution is -0.143. The van der Waals surface area contributed by atoms with Gasteiger partial charge < -0.3 is 10.6 Å². The van der Waals surface area contributed by atoms with Gasteiger partial charge >= 0.3 is 12.4 Å². The first-order valence-electron chi connectivity index (χ1n) is 7.86. The molecule has 1 aliphatic heterocycles. The Balaban J connectivity index is 2.08. The number of halogens is 6. The molecule has 0 aliphatic carbocycles. The van der Waals surface area contributed by atoms with Crippen LogP contribution in [0.2, 0.25) is 0 Å². The van der Waals surface area contributed by atoms with Crippen LogP contribution >= 0.6 is 0 Å². The number of alkyl halides is 6. The molecule has 3 rings (SSSR count). The van der Waals surface area contributed by atoms with Crippen molar-refractivity contribution >= 4 is 5.91 Å². The number of benzene rings is 1. The van der Waals surface area contributed by atoms with Crippen molar-refractivity contribution < 1.29 is 31.1 Å². The summed E-state index contributed by atoms with van der Waals surface area (Å²) in [5, 5.41) is 3.54. The fourth-order valence-corrected chi connectivity index (χ4v) is 2.93. The number of aromatic nitrogens is 2. The van der Waals surface area contributed by atoms with Crippen LogP contribution in [0.3, 0.4) is 0 Å². The minimum Gasteiger partial charge on any atom is -0.337 e. The molecule has 2 heterocycles. The number of amides is 1. The summed E-state index contributed by atoms with van der Waals surface area (Å²) < 4.78 is 79.7. The summed E-state index contributed by atoms with van der Waals surface area (Å²) in [5.74, 6) is -0.909. The summed E-state index contributed by atoms with van der Waals surface area (Å²) in [7, 11) is 0. The summed E-state index contributed by atoms with van der Waals surface area (Å²) in [6, 6.07) is 2.97. The molecule has 5 nitrogen and oxygen atoms in total. The highest BCUT2D eigenvalue weighted by molar-refractivity contribution is 5.95. The normalized spacial score (nSPS) is 18.2. The van der Waals surface area contributed by atoms with Crippen molar-refractivity contribution in [3.05, 3.63) is 47.3 Å². The molecular formula is C16H14F6N4O. The Bertz CT molecular complexity index is 857. The van der Waals surface area contributed by atoms with Gasteiger partial charge in [0.1, 0.15) is 0 Å². The molecule has 1 aromatic carbocycles. The molecule has 0 unspecified atom stereocenters. The molecule has 11 heteroatoms. The zero-order valence-corrected chi connectivity index (χ0v) is 13.7. The van der Waals surface area contributed by atoms with E-state index in [9.17, 15) is 31.1 Å². The van der Waals surface area contributed by atoms with E-state index < -0.39 is 40.8 Å². The molecule has 1 aliphatic rings. The monoisotopic (exact) mass is 392 g/mol. The number of nitrogens with zero attached hydrogens (tertiary/aromatic N) is 3. The van der Waals surface area contributed by atoms with Gasteiger partial charge in [0, 0.05) is 19.1 Å². The van der Waals surface area contributed by atoms with Gasteiger partial charge in [-0.3, -0.25) is 4.79 Å². The third-order valence-electron chi connectivity index (χ3n) is 4.20. The highest BCUT2D eigenvalue weighted by atomic mass is 19.4. The van der Waals surface area contributed by atoms with Gasteiger partial charge in [-0.1, -0.05) is 6.07 Å². The van der Waals surface area contributed by atoms with Crippen LogP contribution in [0.4, 0.5) is 26.3 Å². The number of carbonyl (C=O) groups excluding carboxylic acids is 1. The minimum absolute atomic E-state index is 0.102. The Morgan fingerprint density at radius 3 is 2.41 bits per heavy atom. The molecule has 1 atom stereocenters. The maximum Gasteiger partial charge on any atom is 0.434 e. The Kier molecular flexibility index (Phi) is 4.66. The Hall–Kier alpha value is -2.56. The number of carbonyl (C=O) groups is 1. The Morgan fingerprint density at radius 2 is 1.85 bits per heavy atom. The van der Waals surface area contributed by atoms with Gasteiger partial charge in [0.05, 0.1) is 23.0 Å². The number of hydrogen-bond donors (Lipinski definition) is 1. The Labute approximate surface area is 149 Å². The summed E-state index contributed by atoms with van der Waals surface area (Å²) in [6.45, 7) is 0.302. The summed E-state index contributed by atoms with van der Waals surface area (Å²) in [4.78, 5) is 13.6. The molecule has 0 saturated carbocycles. The third kappa shape index (κ3) is 3.77. The van der Waals surface area contributed by atoms with Crippen LogP contribution < -0.4 is 5.73 Å². The number of likely N-dealkylation sites (tertiary alicyclic amines) is 1. The first kappa shape index (κ1) is 19.2. The van der Waals surface area contributed by atoms with Gasteiger partial charge in [0.15, 0.2) is 5.69 Å². The molecule has 2 aromatic rings. The van der Waals surface area contributed by atoms with Gasteiger partial charge in [0.25, 0.3) is 5.91 Å². The smallest absolute Gasteiger partial charge is 0.337 e. The number of nitrogens with two attached hydrogens (primary N) is 1. The summed E-state index contributed by atoms with van der Waals surface area (Å²) >= 11 is 0. The van der Waals surface area contributed by atoms with Crippen LogP contribution in [0.25, 0.3) is 5.69 Å². The van der Waals surface area contributed by atoms with E-state index in [1.807, 2.05) is 0 Å². The quantitative estimate of drug-likeness (QED) is 0.799. The average Bonchev–Trinajstić information content (AvgIpc) is 3.19. The van der Waals surface area contributed by atoms with E-state index >= 15 is 0 Å².